The molecular weight excluding hydrogens is 220 g/mol. The van der Waals surface area contributed by atoms with E-state index in [0.29, 0.717) is 25.9 Å². The number of amides is 2. The molecule has 2 amide bonds. The summed E-state index contributed by atoms with van der Waals surface area (Å²) in [4.78, 5) is 24.8. The molecule has 1 N–H and O–H groups in total. The van der Waals surface area contributed by atoms with Gasteiger partial charge in [0.2, 0.25) is 0 Å². The lowest BCUT2D eigenvalue weighted by molar-refractivity contribution is -0.146. The number of ether oxygens (including phenoxy) is 1. The summed E-state index contributed by atoms with van der Waals surface area (Å²) < 4.78 is 4.71. The number of nitrogens with one attached hydrogen (secondary N) is 1. The van der Waals surface area contributed by atoms with Crippen LogP contribution in [-0.2, 0) is 9.53 Å². The summed E-state index contributed by atoms with van der Waals surface area (Å²) in [5.74, 6) is -0.198. The summed E-state index contributed by atoms with van der Waals surface area (Å²) in [6, 6.07) is -0.0123. The highest BCUT2D eigenvalue weighted by Crippen LogP contribution is 2.18. The lowest BCUT2D eigenvalue weighted by Gasteiger charge is -2.30. The Balaban J connectivity index is 2.26. The van der Waals surface area contributed by atoms with E-state index in [0.717, 1.165) is 19.4 Å². The number of unbranched alkanes of at least 4 members (excludes halogenated alkanes) is 1. The largest absolute Gasteiger partial charge is 0.469 e. The van der Waals surface area contributed by atoms with Gasteiger partial charge in [0.25, 0.3) is 0 Å². The van der Waals surface area contributed by atoms with Gasteiger partial charge < -0.3 is 15.0 Å². The van der Waals surface area contributed by atoms with Crippen LogP contribution in [0.1, 0.15) is 32.6 Å². The predicted octanol–water partition coefficient (Wildman–Crippen LogP) is 1.38. The van der Waals surface area contributed by atoms with Crippen molar-refractivity contribution in [1.82, 2.24) is 10.2 Å². The highest BCUT2D eigenvalue weighted by atomic mass is 16.5. The van der Waals surface area contributed by atoms with Gasteiger partial charge in [-0.3, -0.25) is 4.79 Å². The van der Waals surface area contributed by atoms with E-state index in [2.05, 4.69) is 12.2 Å². The van der Waals surface area contributed by atoms with Crippen molar-refractivity contribution < 1.29 is 14.3 Å². The molecule has 0 aromatic carbocycles. The Morgan fingerprint density at radius 1 is 1.35 bits per heavy atom. The zero-order chi connectivity index (χ0) is 12.7. The Morgan fingerprint density at radius 2 is 2.00 bits per heavy atom. The highest BCUT2D eigenvalue weighted by molar-refractivity contribution is 5.75. The number of carbonyl (C=O) groups is 2. The first-order chi connectivity index (χ1) is 8.19. The summed E-state index contributed by atoms with van der Waals surface area (Å²) in [7, 11) is 1.41. The van der Waals surface area contributed by atoms with Gasteiger partial charge in [0.1, 0.15) is 0 Å². The monoisotopic (exact) mass is 242 g/mol. The molecule has 0 aliphatic carbocycles. The van der Waals surface area contributed by atoms with Crippen LogP contribution >= 0.6 is 0 Å². The third-order valence-corrected chi connectivity index (χ3v) is 3.12. The molecule has 1 saturated heterocycles. The minimum absolute atomic E-state index is 0.0123. The van der Waals surface area contributed by atoms with E-state index in [1.165, 1.54) is 7.11 Å². The molecule has 0 atom stereocenters. The van der Waals surface area contributed by atoms with E-state index in [1.807, 2.05) is 0 Å². The summed E-state index contributed by atoms with van der Waals surface area (Å²) >= 11 is 0. The van der Waals surface area contributed by atoms with E-state index in [1.54, 1.807) is 4.90 Å². The first kappa shape index (κ1) is 13.8. The quantitative estimate of drug-likeness (QED) is 0.598. The molecule has 0 saturated carbocycles. The van der Waals surface area contributed by atoms with Crippen LogP contribution in [0.15, 0.2) is 0 Å². The van der Waals surface area contributed by atoms with Crippen LogP contribution in [0.4, 0.5) is 4.79 Å². The number of carbonyl (C=O) groups excluding carboxylic acids is 2. The Hall–Kier alpha value is -1.26. The molecule has 0 spiro atoms. The number of esters is 1. The van der Waals surface area contributed by atoms with Crippen LogP contribution in [0.3, 0.4) is 0 Å². The van der Waals surface area contributed by atoms with Crippen molar-refractivity contribution in [2.24, 2.45) is 5.92 Å². The van der Waals surface area contributed by atoms with Crippen LogP contribution in [0.2, 0.25) is 0 Å². The van der Waals surface area contributed by atoms with Crippen molar-refractivity contribution in [1.29, 1.82) is 0 Å². The average Bonchev–Trinajstić information content (AvgIpc) is 2.38. The lowest BCUT2D eigenvalue weighted by atomic mass is 9.97. The smallest absolute Gasteiger partial charge is 0.317 e. The maximum Gasteiger partial charge on any atom is 0.317 e. The van der Waals surface area contributed by atoms with E-state index >= 15 is 0 Å². The fourth-order valence-electron chi connectivity index (χ4n) is 1.97. The topological polar surface area (TPSA) is 58.6 Å². The summed E-state index contributed by atoms with van der Waals surface area (Å²) in [5.41, 5.74) is 0. The number of urea groups is 1. The predicted molar refractivity (Wildman–Crippen MR) is 64.6 cm³/mol. The third-order valence-electron chi connectivity index (χ3n) is 3.12. The second kappa shape index (κ2) is 7.14. The van der Waals surface area contributed by atoms with Crippen molar-refractivity contribution in [3.05, 3.63) is 0 Å². The van der Waals surface area contributed by atoms with E-state index in [4.69, 9.17) is 4.74 Å². The van der Waals surface area contributed by atoms with Crippen molar-refractivity contribution >= 4 is 12.0 Å². The van der Waals surface area contributed by atoms with Crippen molar-refractivity contribution in [3.8, 4) is 0 Å². The van der Waals surface area contributed by atoms with Crippen molar-refractivity contribution in [2.75, 3.05) is 26.7 Å². The van der Waals surface area contributed by atoms with Crippen LogP contribution < -0.4 is 5.32 Å². The maximum atomic E-state index is 11.7. The molecule has 17 heavy (non-hydrogen) atoms. The molecule has 1 aliphatic rings. The average molecular weight is 242 g/mol. The van der Waals surface area contributed by atoms with Gasteiger partial charge in [0.15, 0.2) is 0 Å². The SMILES string of the molecule is CCCCNC(=O)N1CCC(C(=O)OC)CC1. The van der Waals surface area contributed by atoms with Gasteiger partial charge in [0.05, 0.1) is 13.0 Å². The molecule has 0 aromatic heterocycles. The zero-order valence-corrected chi connectivity index (χ0v) is 10.7. The van der Waals surface area contributed by atoms with Crippen LogP contribution in [0, 0.1) is 5.92 Å². The number of piperidine rings is 1. The second-order valence-electron chi connectivity index (χ2n) is 4.37. The number of rotatable bonds is 4. The molecule has 1 heterocycles. The number of nitrogens with zero attached hydrogens (tertiary/aromatic N) is 1. The molecule has 5 heteroatoms. The van der Waals surface area contributed by atoms with Gasteiger partial charge in [0, 0.05) is 19.6 Å². The Labute approximate surface area is 102 Å². The van der Waals surface area contributed by atoms with E-state index in [-0.39, 0.29) is 17.9 Å². The van der Waals surface area contributed by atoms with Crippen LogP contribution in [-0.4, -0.2) is 43.6 Å². The normalized spacial score (nSPS) is 16.7. The number of hydrogen-bond donors (Lipinski definition) is 1. The Bertz CT molecular complexity index is 260. The molecule has 0 radical (unpaired) electrons. The van der Waals surface area contributed by atoms with E-state index in [9.17, 15) is 9.59 Å². The fourth-order valence-corrected chi connectivity index (χ4v) is 1.97. The molecule has 0 unspecified atom stereocenters. The minimum Gasteiger partial charge on any atom is -0.469 e. The van der Waals surface area contributed by atoms with Gasteiger partial charge >= 0.3 is 12.0 Å². The van der Waals surface area contributed by atoms with E-state index < -0.39 is 0 Å². The lowest BCUT2D eigenvalue weighted by Crippen LogP contribution is -2.45. The number of methoxy groups -OCH3 is 1. The maximum absolute atomic E-state index is 11.7. The molecule has 0 aromatic rings. The highest BCUT2D eigenvalue weighted by Gasteiger charge is 2.27. The van der Waals surface area contributed by atoms with Crippen LogP contribution in [0.5, 0.6) is 0 Å². The van der Waals surface area contributed by atoms with Crippen LogP contribution in [0.25, 0.3) is 0 Å². The summed E-state index contributed by atoms with van der Waals surface area (Å²) in [6.07, 6.45) is 3.48. The molecule has 1 aliphatic heterocycles. The van der Waals surface area contributed by atoms with Gasteiger partial charge in [-0.2, -0.15) is 0 Å². The Morgan fingerprint density at radius 3 is 2.53 bits per heavy atom. The molecule has 1 fully saturated rings. The van der Waals surface area contributed by atoms with Crippen molar-refractivity contribution in [2.45, 2.75) is 32.6 Å². The number of hydrogen-bond acceptors (Lipinski definition) is 3. The molecule has 98 valence electrons. The van der Waals surface area contributed by atoms with Gasteiger partial charge in [-0.05, 0) is 19.3 Å². The zero-order valence-electron chi connectivity index (χ0n) is 10.7. The first-order valence-electron chi connectivity index (χ1n) is 6.29. The Kier molecular flexibility index (Phi) is 5.80. The minimum atomic E-state index is -0.156. The molecule has 0 bridgehead atoms. The third kappa shape index (κ3) is 4.24. The molecular formula is C12H22N2O3. The number of likely N-dealkylation sites (tertiary alicyclic amines) is 1. The second-order valence-corrected chi connectivity index (χ2v) is 4.37. The first-order valence-corrected chi connectivity index (χ1v) is 6.29. The van der Waals surface area contributed by atoms with Gasteiger partial charge in [-0.15, -0.1) is 0 Å². The van der Waals surface area contributed by atoms with Gasteiger partial charge in [-0.1, -0.05) is 13.3 Å². The van der Waals surface area contributed by atoms with Crippen molar-refractivity contribution in [3.63, 3.8) is 0 Å². The fraction of sp³-hybridized carbons (Fsp3) is 0.833. The molecule has 1 rings (SSSR count). The summed E-state index contributed by atoms with van der Waals surface area (Å²) in [6.45, 7) is 4.09. The standard InChI is InChI=1S/C12H22N2O3/c1-3-4-7-13-12(16)14-8-5-10(6-9-14)11(15)17-2/h10H,3-9H2,1-2H3,(H,13,16). The molecule has 5 nitrogen and oxygen atoms in total. The van der Waals surface area contributed by atoms with Gasteiger partial charge in [-0.25, -0.2) is 4.79 Å². The summed E-state index contributed by atoms with van der Waals surface area (Å²) in [5, 5.41) is 2.88.